The normalized spacial score (nSPS) is 21.7. The van der Waals surface area contributed by atoms with Crippen LogP contribution in [0.1, 0.15) is 39.0 Å². The monoisotopic (exact) mass is 215 g/mol. The first-order valence-corrected chi connectivity index (χ1v) is 5.60. The Balaban J connectivity index is 2.69. The number of nitrogens with one attached hydrogen (secondary N) is 1. The van der Waals surface area contributed by atoms with Crippen LogP contribution in [-0.4, -0.2) is 29.5 Å². The second kappa shape index (κ2) is 4.94. The van der Waals surface area contributed by atoms with Crippen molar-refractivity contribution in [2.45, 2.75) is 45.3 Å². The highest BCUT2D eigenvalue weighted by Crippen LogP contribution is 2.43. The van der Waals surface area contributed by atoms with Crippen molar-refractivity contribution in [3.05, 3.63) is 0 Å². The number of aliphatic hydroxyl groups excluding tert-OH is 1. The summed E-state index contributed by atoms with van der Waals surface area (Å²) in [5.74, 6) is -0.201. The summed E-state index contributed by atoms with van der Waals surface area (Å²) >= 11 is 0. The largest absolute Gasteiger partial charge is 0.368 e. The molecule has 1 amide bonds. The number of amides is 1. The third-order valence-corrected chi connectivity index (χ3v) is 3.49. The minimum atomic E-state index is -1.33. The molecular formula is C11H21NO3. The summed E-state index contributed by atoms with van der Waals surface area (Å²) in [6, 6.07) is 0. The molecule has 1 fully saturated rings. The first-order chi connectivity index (χ1) is 7.02. The molecule has 0 unspecified atom stereocenters. The predicted molar refractivity (Wildman–Crippen MR) is 57.0 cm³/mol. The Bertz CT molecular complexity index is 222. The zero-order valence-electron chi connectivity index (χ0n) is 9.49. The highest BCUT2D eigenvalue weighted by Gasteiger charge is 2.42. The molecule has 0 aromatic rings. The summed E-state index contributed by atoms with van der Waals surface area (Å²) in [4.78, 5) is 11.8. The maximum absolute atomic E-state index is 11.8. The van der Waals surface area contributed by atoms with Crippen LogP contribution in [0.15, 0.2) is 0 Å². The molecule has 0 spiro atoms. The molecule has 1 aliphatic carbocycles. The van der Waals surface area contributed by atoms with Gasteiger partial charge in [0.05, 0.1) is 0 Å². The van der Waals surface area contributed by atoms with Crippen molar-refractivity contribution in [3.63, 3.8) is 0 Å². The standard InChI is InChI=1S/C11H21NO3/c1-8(9(13)14)7-11(10(15)12-2)5-3-4-6-11/h8-9,13-14H,3-7H2,1-2H3,(H,12,15)/t8-/m1/s1. The van der Waals surface area contributed by atoms with E-state index in [1.807, 2.05) is 0 Å². The summed E-state index contributed by atoms with van der Waals surface area (Å²) in [6.45, 7) is 1.77. The zero-order valence-corrected chi connectivity index (χ0v) is 9.49. The van der Waals surface area contributed by atoms with E-state index in [0.29, 0.717) is 6.42 Å². The topological polar surface area (TPSA) is 69.6 Å². The predicted octanol–water partition coefficient (Wildman–Crippen LogP) is 0.630. The second-order valence-electron chi connectivity index (χ2n) is 4.66. The van der Waals surface area contributed by atoms with Gasteiger partial charge >= 0.3 is 0 Å². The maximum Gasteiger partial charge on any atom is 0.225 e. The van der Waals surface area contributed by atoms with Crippen LogP contribution in [0.2, 0.25) is 0 Å². The summed E-state index contributed by atoms with van der Waals surface area (Å²) in [7, 11) is 1.64. The summed E-state index contributed by atoms with van der Waals surface area (Å²) in [6.07, 6.45) is 3.08. The average molecular weight is 215 g/mol. The van der Waals surface area contributed by atoms with Crippen LogP contribution in [-0.2, 0) is 4.79 Å². The molecule has 3 N–H and O–H groups in total. The van der Waals surface area contributed by atoms with Crippen molar-refractivity contribution in [1.82, 2.24) is 5.32 Å². The number of aliphatic hydroxyl groups is 2. The molecule has 4 heteroatoms. The molecule has 0 radical (unpaired) electrons. The molecule has 0 aromatic heterocycles. The molecule has 88 valence electrons. The van der Waals surface area contributed by atoms with E-state index in [9.17, 15) is 4.79 Å². The lowest BCUT2D eigenvalue weighted by atomic mass is 9.77. The van der Waals surface area contributed by atoms with E-state index in [4.69, 9.17) is 10.2 Å². The summed E-state index contributed by atoms with van der Waals surface area (Å²) in [5.41, 5.74) is -0.363. The molecule has 15 heavy (non-hydrogen) atoms. The zero-order chi connectivity index (χ0) is 11.5. The smallest absolute Gasteiger partial charge is 0.225 e. The van der Waals surface area contributed by atoms with Crippen LogP contribution < -0.4 is 5.32 Å². The van der Waals surface area contributed by atoms with Gasteiger partial charge in [-0.25, -0.2) is 0 Å². The van der Waals surface area contributed by atoms with E-state index in [0.717, 1.165) is 25.7 Å². The lowest BCUT2D eigenvalue weighted by molar-refractivity contribution is -0.135. The van der Waals surface area contributed by atoms with Gasteiger partial charge in [0.25, 0.3) is 0 Å². The van der Waals surface area contributed by atoms with Crippen molar-refractivity contribution < 1.29 is 15.0 Å². The van der Waals surface area contributed by atoms with Crippen LogP contribution >= 0.6 is 0 Å². The Hall–Kier alpha value is -0.610. The fourth-order valence-corrected chi connectivity index (χ4v) is 2.56. The lowest BCUT2D eigenvalue weighted by Crippen LogP contribution is -2.39. The van der Waals surface area contributed by atoms with Crippen molar-refractivity contribution >= 4 is 5.91 Å². The van der Waals surface area contributed by atoms with Crippen LogP contribution in [0.3, 0.4) is 0 Å². The molecule has 0 aromatic carbocycles. The van der Waals surface area contributed by atoms with E-state index >= 15 is 0 Å². The van der Waals surface area contributed by atoms with Gasteiger partial charge in [-0.1, -0.05) is 19.8 Å². The average Bonchev–Trinajstić information content (AvgIpc) is 2.66. The maximum atomic E-state index is 11.8. The van der Waals surface area contributed by atoms with Crippen LogP contribution in [0.25, 0.3) is 0 Å². The molecule has 0 bridgehead atoms. The first-order valence-electron chi connectivity index (χ1n) is 5.60. The van der Waals surface area contributed by atoms with Crippen LogP contribution in [0.5, 0.6) is 0 Å². The van der Waals surface area contributed by atoms with Crippen molar-refractivity contribution in [1.29, 1.82) is 0 Å². The fourth-order valence-electron chi connectivity index (χ4n) is 2.56. The lowest BCUT2D eigenvalue weighted by Gasteiger charge is -2.30. The molecule has 1 aliphatic rings. The van der Waals surface area contributed by atoms with Gasteiger partial charge in [0, 0.05) is 18.4 Å². The second-order valence-corrected chi connectivity index (χ2v) is 4.66. The van der Waals surface area contributed by atoms with Crippen LogP contribution in [0, 0.1) is 11.3 Å². The van der Waals surface area contributed by atoms with Gasteiger partial charge in [-0.3, -0.25) is 4.79 Å². The molecule has 1 saturated carbocycles. The number of hydrogen-bond acceptors (Lipinski definition) is 3. The summed E-state index contributed by atoms with van der Waals surface area (Å²) in [5, 5.41) is 20.8. The minimum Gasteiger partial charge on any atom is -0.368 e. The Morgan fingerprint density at radius 1 is 1.40 bits per heavy atom. The van der Waals surface area contributed by atoms with E-state index in [1.165, 1.54) is 0 Å². The molecular weight excluding hydrogens is 194 g/mol. The highest BCUT2D eigenvalue weighted by molar-refractivity contribution is 5.82. The van der Waals surface area contributed by atoms with Gasteiger partial charge in [0.2, 0.25) is 5.91 Å². The van der Waals surface area contributed by atoms with Crippen molar-refractivity contribution in [2.24, 2.45) is 11.3 Å². The van der Waals surface area contributed by atoms with Gasteiger partial charge in [-0.15, -0.1) is 0 Å². The Kier molecular flexibility index (Phi) is 4.11. The SMILES string of the molecule is CNC(=O)C1(C[C@@H](C)C(O)O)CCCC1. The Morgan fingerprint density at radius 3 is 2.33 bits per heavy atom. The third-order valence-electron chi connectivity index (χ3n) is 3.49. The number of carbonyl (C=O) groups excluding carboxylic acids is 1. The molecule has 0 saturated heterocycles. The Morgan fingerprint density at radius 2 is 1.93 bits per heavy atom. The van der Waals surface area contributed by atoms with E-state index in [1.54, 1.807) is 14.0 Å². The molecule has 0 heterocycles. The van der Waals surface area contributed by atoms with Crippen molar-refractivity contribution in [3.8, 4) is 0 Å². The van der Waals surface area contributed by atoms with Gasteiger partial charge in [-0.05, 0) is 19.3 Å². The van der Waals surface area contributed by atoms with Gasteiger partial charge in [-0.2, -0.15) is 0 Å². The first kappa shape index (κ1) is 12.5. The number of carbonyl (C=O) groups is 1. The third kappa shape index (κ3) is 2.69. The van der Waals surface area contributed by atoms with E-state index < -0.39 is 6.29 Å². The fraction of sp³-hybridized carbons (Fsp3) is 0.909. The quantitative estimate of drug-likeness (QED) is 0.602. The van der Waals surface area contributed by atoms with Crippen LogP contribution in [0.4, 0.5) is 0 Å². The minimum absolute atomic E-state index is 0.0486. The van der Waals surface area contributed by atoms with Crippen molar-refractivity contribution in [2.75, 3.05) is 7.05 Å². The van der Waals surface area contributed by atoms with E-state index in [2.05, 4.69) is 5.32 Å². The molecule has 4 nitrogen and oxygen atoms in total. The number of rotatable bonds is 4. The molecule has 1 rings (SSSR count). The van der Waals surface area contributed by atoms with Gasteiger partial charge in [0.15, 0.2) is 6.29 Å². The Labute approximate surface area is 90.7 Å². The molecule has 1 atom stereocenters. The highest BCUT2D eigenvalue weighted by atomic mass is 16.5. The molecule has 0 aliphatic heterocycles. The van der Waals surface area contributed by atoms with Gasteiger partial charge in [0.1, 0.15) is 0 Å². The number of hydrogen-bond donors (Lipinski definition) is 3. The van der Waals surface area contributed by atoms with E-state index in [-0.39, 0.29) is 17.2 Å². The van der Waals surface area contributed by atoms with Gasteiger partial charge < -0.3 is 15.5 Å². The summed E-state index contributed by atoms with van der Waals surface area (Å²) < 4.78 is 0.